The molecule has 18 heavy (non-hydrogen) atoms. The van der Waals surface area contributed by atoms with Gasteiger partial charge in [-0.25, -0.2) is 0 Å². The van der Waals surface area contributed by atoms with Crippen molar-refractivity contribution >= 4 is 5.65 Å². The molecule has 5 heteroatoms. The first-order valence-electron chi connectivity index (χ1n) is 6.48. The first-order chi connectivity index (χ1) is 8.86. The number of pyridine rings is 1. The maximum atomic E-state index is 5.24. The van der Waals surface area contributed by atoms with E-state index in [4.69, 9.17) is 4.74 Å². The minimum Gasteiger partial charge on any atom is -0.495 e. The average molecular weight is 246 g/mol. The molecule has 2 aromatic rings. The third kappa shape index (κ3) is 2.18. The summed E-state index contributed by atoms with van der Waals surface area (Å²) >= 11 is 0. The zero-order valence-electron chi connectivity index (χ0n) is 10.6. The van der Waals surface area contributed by atoms with E-state index in [1.54, 1.807) is 7.11 Å². The number of methoxy groups -OCH3 is 1. The van der Waals surface area contributed by atoms with Crippen LogP contribution in [0, 0.1) is 0 Å². The molecule has 1 atom stereocenters. The smallest absolute Gasteiger partial charge is 0.161 e. The van der Waals surface area contributed by atoms with Gasteiger partial charge in [-0.05, 0) is 31.5 Å². The van der Waals surface area contributed by atoms with Crippen molar-refractivity contribution in [2.45, 2.75) is 31.7 Å². The van der Waals surface area contributed by atoms with Gasteiger partial charge in [0.05, 0.1) is 13.3 Å². The van der Waals surface area contributed by atoms with Crippen molar-refractivity contribution < 1.29 is 4.74 Å². The minimum atomic E-state index is 0.525. The zero-order valence-corrected chi connectivity index (χ0v) is 10.6. The second-order valence-electron chi connectivity index (χ2n) is 4.76. The number of nitrogens with zero attached hydrogens (tertiary/aromatic N) is 3. The van der Waals surface area contributed by atoms with Gasteiger partial charge in [-0.1, -0.05) is 6.42 Å². The highest BCUT2D eigenvalue weighted by Gasteiger charge is 2.16. The zero-order chi connectivity index (χ0) is 12.4. The molecule has 2 aromatic heterocycles. The van der Waals surface area contributed by atoms with Crippen LogP contribution >= 0.6 is 0 Å². The Morgan fingerprint density at radius 1 is 1.39 bits per heavy atom. The van der Waals surface area contributed by atoms with Crippen molar-refractivity contribution in [3.8, 4) is 5.75 Å². The molecule has 1 aliphatic rings. The van der Waals surface area contributed by atoms with E-state index in [9.17, 15) is 0 Å². The molecular formula is C13H18N4O. The molecule has 0 aliphatic carbocycles. The third-order valence-corrected chi connectivity index (χ3v) is 3.52. The fraction of sp³-hybridized carbons (Fsp3) is 0.538. The number of ether oxygens (including phenoxy) is 1. The number of rotatable bonds is 3. The Kier molecular flexibility index (Phi) is 3.15. The van der Waals surface area contributed by atoms with Crippen molar-refractivity contribution in [2.24, 2.45) is 0 Å². The van der Waals surface area contributed by atoms with E-state index in [-0.39, 0.29) is 0 Å². The molecule has 0 radical (unpaired) electrons. The highest BCUT2D eigenvalue weighted by molar-refractivity contribution is 5.41. The van der Waals surface area contributed by atoms with Crippen LogP contribution in [0.5, 0.6) is 5.75 Å². The Morgan fingerprint density at radius 2 is 2.33 bits per heavy atom. The normalized spacial score (nSPS) is 20.2. The van der Waals surface area contributed by atoms with Crippen LogP contribution in [0.25, 0.3) is 5.65 Å². The van der Waals surface area contributed by atoms with E-state index >= 15 is 0 Å². The molecule has 1 N–H and O–H groups in total. The van der Waals surface area contributed by atoms with Crippen molar-refractivity contribution in [3.63, 3.8) is 0 Å². The first kappa shape index (κ1) is 11.5. The monoisotopic (exact) mass is 246 g/mol. The van der Waals surface area contributed by atoms with Crippen LogP contribution in [0.4, 0.5) is 0 Å². The summed E-state index contributed by atoms with van der Waals surface area (Å²) in [6.45, 7) is 1.12. The number of hydrogen-bond acceptors (Lipinski definition) is 4. The summed E-state index contributed by atoms with van der Waals surface area (Å²) in [6.07, 6.45) is 6.68. The van der Waals surface area contributed by atoms with Gasteiger partial charge >= 0.3 is 0 Å². The summed E-state index contributed by atoms with van der Waals surface area (Å²) in [4.78, 5) is 0. The SMILES string of the molecule is COc1ccc2nnc(CC3CCCCN3)n2c1. The van der Waals surface area contributed by atoms with E-state index < -0.39 is 0 Å². The van der Waals surface area contributed by atoms with Crippen LogP contribution in [-0.2, 0) is 6.42 Å². The Morgan fingerprint density at radius 3 is 3.11 bits per heavy atom. The molecule has 1 saturated heterocycles. The summed E-state index contributed by atoms with van der Waals surface area (Å²) in [5, 5.41) is 12.0. The Balaban J connectivity index is 1.86. The lowest BCUT2D eigenvalue weighted by atomic mass is 10.0. The maximum Gasteiger partial charge on any atom is 0.161 e. The molecule has 0 bridgehead atoms. The molecule has 1 fully saturated rings. The van der Waals surface area contributed by atoms with Gasteiger partial charge in [0, 0.05) is 12.5 Å². The molecule has 3 rings (SSSR count). The van der Waals surface area contributed by atoms with Crippen molar-refractivity contribution in [2.75, 3.05) is 13.7 Å². The van der Waals surface area contributed by atoms with Crippen molar-refractivity contribution in [1.82, 2.24) is 19.9 Å². The topological polar surface area (TPSA) is 51.5 Å². The Bertz CT molecular complexity index is 531. The van der Waals surface area contributed by atoms with Crippen molar-refractivity contribution in [1.29, 1.82) is 0 Å². The molecule has 0 aromatic carbocycles. The highest BCUT2D eigenvalue weighted by Crippen LogP contribution is 2.16. The van der Waals surface area contributed by atoms with Crippen LogP contribution < -0.4 is 10.1 Å². The highest BCUT2D eigenvalue weighted by atomic mass is 16.5. The fourth-order valence-electron chi connectivity index (χ4n) is 2.50. The lowest BCUT2D eigenvalue weighted by molar-refractivity contribution is 0.392. The van der Waals surface area contributed by atoms with Gasteiger partial charge in [0.2, 0.25) is 0 Å². The minimum absolute atomic E-state index is 0.525. The predicted octanol–water partition coefficient (Wildman–Crippen LogP) is 1.42. The van der Waals surface area contributed by atoms with Gasteiger partial charge in [0.1, 0.15) is 11.6 Å². The standard InChI is InChI=1S/C13H18N4O/c1-18-11-5-6-12-15-16-13(17(12)9-11)8-10-4-2-3-7-14-10/h5-6,9-10,14H,2-4,7-8H2,1H3. The number of nitrogens with one attached hydrogen (secondary N) is 1. The van der Waals surface area contributed by atoms with E-state index in [1.165, 1.54) is 19.3 Å². The Hall–Kier alpha value is -1.62. The first-order valence-corrected chi connectivity index (χ1v) is 6.48. The number of hydrogen-bond donors (Lipinski definition) is 1. The molecule has 0 spiro atoms. The van der Waals surface area contributed by atoms with Crippen LogP contribution in [-0.4, -0.2) is 34.3 Å². The molecular weight excluding hydrogens is 228 g/mol. The van der Waals surface area contributed by atoms with Crippen LogP contribution in [0.3, 0.4) is 0 Å². The second kappa shape index (κ2) is 4.94. The molecule has 1 unspecified atom stereocenters. The molecule has 0 amide bonds. The van der Waals surface area contributed by atoms with E-state index in [1.807, 2.05) is 22.7 Å². The van der Waals surface area contributed by atoms with E-state index in [0.29, 0.717) is 6.04 Å². The van der Waals surface area contributed by atoms with Crippen LogP contribution in [0.1, 0.15) is 25.1 Å². The summed E-state index contributed by atoms with van der Waals surface area (Å²) in [7, 11) is 1.67. The second-order valence-corrected chi connectivity index (χ2v) is 4.76. The quantitative estimate of drug-likeness (QED) is 0.890. The van der Waals surface area contributed by atoms with E-state index in [2.05, 4.69) is 15.5 Å². The largest absolute Gasteiger partial charge is 0.495 e. The molecule has 3 heterocycles. The average Bonchev–Trinajstić information content (AvgIpc) is 2.82. The number of fused-ring (bicyclic) bond motifs is 1. The van der Waals surface area contributed by atoms with Gasteiger partial charge in [0.25, 0.3) is 0 Å². The summed E-state index contributed by atoms with van der Waals surface area (Å²) in [6, 6.07) is 4.37. The molecule has 96 valence electrons. The molecule has 0 saturated carbocycles. The van der Waals surface area contributed by atoms with Crippen molar-refractivity contribution in [3.05, 3.63) is 24.2 Å². The van der Waals surface area contributed by atoms with Gasteiger partial charge in [-0.3, -0.25) is 4.40 Å². The van der Waals surface area contributed by atoms with Crippen LogP contribution in [0.15, 0.2) is 18.3 Å². The van der Waals surface area contributed by atoms with E-state index in [0.717, 1.165) is 30.2 Å². The van der Waals surface area contributed by atoms with Gasteiger partial charge in [0.15, 0.2) is 5.65 Å². The van der Waals surface area contributed by atoms with Gasteiger partial charge < -0.3 is 10.1 Å². The predicted molar refractivity (Wildman–Crippen MR) is 68.9 cm³/mol. The van der Waals surface area contributed by atoms with Gasteiger partial charge in [-0.2, -0.15) is 0 Å². The summed E-state index contributed by atoms with van der Waals surface area (Å²) in [5.41, 5.74) is 0.876. The lowest BCUT2D eigenvalue weighted by Crippen LogP contribution is -2.36. The summed E-state index contributed by atoms with van der Waals surface area (Å²) in [5.74, 6) is 1.84. The summed E-state index contributed by atoms with van der Waals surface area (Å²) < 4.78 is 7.27. The number of piperidine rings is 1. The Labute approximate surface area is 106 Å². The third-order valence-electron chi connectivity index (χ3n) is 3.52. The fourth-order valence-corrected chi connectivity index (χ4v) is 2.50. The molecule has 1 aliphatic heterocycles. The van der Waals surface area contributed by atoms with Crippen LogP contribution in [0.2, 0.25) is 0 Å². The lowest BCUT2D eigenvalue weighted by Gasteiger charge is -2.22. The van der Waals surface area contributed by atoms with Gasteiger partial charge in [-0.15, -0.1) is 10.2 Å². The number of aromatic nitrogens is 3. The maximum absolute atomic E-state index is 5.24. The molecule has 5 nitrogen and oxygen atoms in total.